The van der Waals surface area contributed by atoms with Crippen molar-refractivity contribution in [3.63, 3.8) is 0 Å². The second-order valence-electron chi connectivity index (χ2n) is 8.13. The first-order valence-corrected chi connectivity index (χ1v) is 10.8. The van der Waals surface area contributed by atoms with Gasteiger partial charge in [-0.15, -0.1) is 0 Å². The predicted octanol–water partition coefficient (Wildman–Crippen LogP) is 5.92. The van der Waals surface area contributed by atoms with Gasteiger partial charge in [0.2, 0.25) is 0 Å². The van der Waals surface area contributed by atoms with Gasteiger partial charge in [0.15, 0.2) is 11.5 Å². The molecule has 3 aromatic carbocycles. The fourth-order valence-electron chi connectivity index (χ4n) is 5.22. The average Bonchev–Trinajstić information content (AvgIpc) is 3.34. The molecule has 0 bridgehead atoms. The molecule has 0 aliphatic heterocycles. The summed E-state index contributed by atoms with van der Waals surface area (Å²) < 4.78 is 0. The van der Waals surface area contributed by atoms with Crippen LogP contribution in [0.2, 0.25) is 0 Å². The Kier molecular flexibility index (Phi) is 5.55. The molecule has 5 aromatic rings. The minimum Gasteiger partial charge on any atom is -0.504 e. The summed E-state index contributed by atoms with van der Waals surface area (Å²) in [5.74, 6) is -0.153. The van der Waals surface area contributed by atoms with Crippen LogP contribution in [0.15, 0.2) is 109 Å². The molecule has 0 saturated heterocycles. The number of para-hydroxylation sites is 2. The molecule has 0 amide bonds. The number of aromatic nitrogens is 2. The van der Waals surface area contributed by atoms with Crippen LogP contribution in [0, 0.1) is 0 Å². The summed E-state index contributed by atoms with van der Waals surface area (Å²) in [6, 6.07) is 32.1. The van der Waals surface area contributed by atoms with E-state index < -0.39 is 0 Å². The summed E-state index contributed by atoms with van der Waals surface area (Å²) in [5.41, 5.74) is 9.46. The van der Waals surface area contributed by atoms with E-state index >= 15 is 0 Å². The zero-order valence-electron chi connectivity index (χ0n) is 18.0. The van der Waals surface area contributed by atoms with Crippen molar-refractivity contribution >= 4 is 0 Å². The molecule has 2 aromatic heterocycles. The molecule has 34 heavy (non-hydrogen) atoms. The van der Waals surface area contributed by atoms with Gasteiger partial charge in [0.25, 0.3) is 0 Å². The van der Waals surface area contributed by atoms with Gasteiger partial charge in [0.1, 0.15) is 0 Å². The van der Waals surface area contributed by atoms with E-state index in [9.17, 15) is 0 Å². The van der Waals surface area contributed by atoms with Gasteiger partial charge >= 0.3 is 0 Å². The largest absolute Gasteiger partial charge is 0.504 e. The number of rotatable bonds is 0. The summed E-state index contributed by atoms with van der Waals surface area (Å²) in [4.78, 5) is 9.41. The third-order valence-electron chi connectivity index (χ3n) is 6.48. The molecule has 4 nitrogen and oxygen atoms in total. The molecule has 7 rings (SSSR count). The van der Waals surface area contributed by atoms with E-state index in [0.29, 0.717) is 0 Å². The van der Waals surface area contributed by atoms with Crippen LogP contribution in [0.4, 0.5) is 0 Å². The van der Waals surface area contributed by atoms with Crippen LogP contribution < -0.4 is 0 Å². The van der Waals surface area contributed by atoms with Crippen LogP contribution in [0.25, 0.3) is 22.5 Å². The quantitative estimate of drug-likeness (QED) is 0.206. The SMILES string of the molecule is Oc1ccccc1O.[Pt].c1ccc2c(c1)-c1ccccc1C21c2cccnc2-c2ncccc21. The van der Waals surface area contributed by atoms with E-state index in [4.69, 9.17) is 20.2 Å². The molecule has 0 saturated carbocycles. The first-order chi connectivity index (χ1) is 16.2. The number of phenolic OH excluding ortho intramolecular Hbond substituents is 2. The minimum atomic E-state index is -0.305. The summed E-state index contributed by atoms with van der Waals surface area (Å²) in [5, 5.41) is 17.3. The Labute approximate surface area is 211 Å². The standard InChI is InChI=1S/C23H14N2.C6H6O2.Pt/c1-3-9-17-15(7-1)16-8-2-4-10-18(16)23(17)19-11-5-13-24-21(19)22-20(23)12-6-14-25-22;7-5-3-1-2-4-6(5)8;/h1-14H;1-4,7-8H;. The van der Waals surface area contributed by atoms with Crippen LogP contribution in [0.3, 0.4) is 0 Å². The van der Waals surface area contributed by atoms with E-state index in [-0.39, 0.29) is 38.0 Å². The van der Waals surface area contributed by atoms with Crippen molar-refractivity contribution < 1.29 is 31.3 Å². The van der Waals surface area contributed by atoms with Crippen LogP contribution in [-0.2, 0) is 26.5 Å². The van der Waals surface area contributed by atoms with E-state index in [1.54, 1.807) is 12.1 Å². The Hall–Kier alpha value is -3.75. The Morgan fingerprint density at radius 2 is 0.853 bits per heavy atom. The maximum atomic E-state index is 8.67. The van der Waals surface area contributed by atoms with E-state index in [1.807, 2.05) is 24.5 Å². The van der Waals surface area contributed by atoms with Crippen molar-refractivity contribution in [3.05, 3.63) is 132 Å². The number of pyridine rings is 2. The summed E-state index contributed by atoms with van der Waals surface area (Å²) in [6.07, 6.45) is 3.73. The maximum Gasteiger partial charge on any atom is 0.157 e. The molecule has 0 radical (unpaired) electrons. The number of hydrogen-bond acceptors (Lipinski definition) is 4. The molecule has 0 unspecified atom stereocenters. The number of phenols is 2. The van der Waals surface area contributed by atoms with Crippen molar-refractivity contribution in [1.82, 2.24) is 9.97 Å². The van der Waals surface area contributed by atoms with E-state index in [2.05, 4.69) is 60.7 Å². The molecule has 2 aliphatic carbocycles. The van der Waals surface area contributed by atoms with Crippen molar-refractivity contribution in [2.75, 3.05) is 0 Å². The molecule has 2 aliphatic rings. The van der Waals surface area contributed by atoms with Crippen molar-refractivity contribution in [2.45, 2.75) is 5.41 Å². The first-order valence-electron chi connectivity index (χ1n) is 10.8. The Morgan fingerprint density at radius 3 is 1.29 bits per heavy atom. The van der Waals surface area contributed by atoms with E-state index in [1.165, 1.54) is 45.5 Å². The molecule has 0 atom stereocenters. The number of fused-ring (bicyclic) bond motifs is 10. The summed E-state index contributed by atoms with van der Waals surface area (Å²) >= 11 is 0. The molecule has 0 fully saturated rings. The van der Waals surface area contributed by atoms with Crippen LogP contribution in [-0.4, -0.2) is 20.2 Å². The zero-order chi connectivity index (χ0) is 22.4. The minimum absolute atomic E-state index is 0. The zero-order valence-corrected chi connectivity index (χ0v) is 20.3. The molecule has 1 spiro atoms. The maximum absolute atomic E-state index is 8.67. The van der Waals surface area contributed by atoms with Crippen molar-refractivity contribution in [1.29, 1.82) is 0 Å². The predicted molar refractivity (Wildman–Crippen MR) is 128 cm³/mol. The summed E-state index contributed by atoms with van der Waals surface area (Å²) in [6.45, 7) is 0. The first kappa shape index (κ1) is 22.1. The average molecular weight is 624 g/mol. The van der Waals surface area contributed by atoms with Crippen molar-refractivity contribution in [3.8, 4) is 34.0 Å². The van der Waals surface area contributed by atoms with Crippen LogP contribution in [0.5, 0.6) is 11.5 Å². The fourth-order valence-corrected chi connectivity index (χ4v) is 5.22. The molecule has 5 heteroatoms. The molecular formula is C29H20N2O2Pt. The number of aromatic hydroxyl groups is 2. The molecular weight excluding hydrogens is 603 g/mol. The number of benzene rings is 3. The monoisotopic (exact) mass is 623 g/mol. The third-order valence-corrected chi connectivity index (χ3v) is 6.48. The smallest absolute Gasteiger partial charge is 0.157 e. The molecule has 2 N–H and O–H groups in total. The van der Waals surface area contributed by atoms with Gasteiger partial charge in [-0.1, -0.05) is 72.8 Å². The Balaban J connectivity index is 0.000000231. The number of nitrogens with zero attached hydrogens (tertiary/aromatic N) is 2. The Morgan fingerprint density at radius 1 is 0.471 bits per heavy atom. The van der Waals surface area contributed by atoms with Gasteiger partial charge in [-0.2, -0.15) is 0 Å². The second kappa shape index (κ2) is 8.55. The molecule has 168 valence electrons. The second-order valence-corrected chi connectivity index (χ2v) is 8.13. The van der Waals surface area contributed by atoms with Gasteiger partial charge in [0.05, 0.1) is 16.8 Å². The van der Waals surface area contributed by atoms with Crippen LogP contribution >= 0.6 is 0 Å². The third kappa shape index (κ3) is 3.03. The van der Waals surface area contributed by atoms with Gasteiger partial charge in [-0.3, -0.25) is 9.97 Å². The fraction of sp³-hybridized carbons (Fsp3) is 0.0345. The topological polar surface area (TPSA) is 66.2 Å². The van der Waals surface area contributed by atoms with Gasteiger partial charge in [0, 0.05) is 33.5 Å². The normalized spacial score (nSPS) is 12.9. The van der Waals surface area contributed by atoms with Gasteiger partial charge in [-0.25, -0.2) is 0 Å². The molecule has 2 heterocycles. The summed E-state index contributed by atoms with van der Waals surface area (Å²) in [7, 11) is 0. The Bertz CT molecular complexity index is 1310. The van der Waals surface area contributed by atoms with E-state index in [0.717, 1.165) is 11.4 Å². The van der Waals surface area contributed by atoms with Crippen LogP contribution in [0.1, 0.15) is 22.3 Å². The van der Waals surface area contributed by atoms with Gasteiger partial charge < -0.3 is 10.2 Å². The number of hydrogen-bond donors (Lipinski definition) is 2. The van der Waals surface area contributed by atoms with Crippen molar-refractivity contribution in [2.24, 2.45) is 0 Å². The van der Waals surface area contributed by atoms with Gasteiger partial charge in [-0.05, 0) is 57.6 Å².